The van der Waals surface area contributed by atoms with E-state index >= 15 is 0 Å². The molecule has 0 spiro atoms. The van der Waals surface area contributed by atoms with Crippen LogP contribution in [0.4, 0.5) is 0 Å². The minimum atomic E-state index is -4.76. The third-order valence-corrected chi connectivity index (χ3v) is 15.4. The Morgan fingerprint density at radius 2 is 0.650 bits per heavy atom. The second kappa shape index (κ2) is 62.2. The number of phosphoric acid groups is 1. The van der Waals surface area contributed by atoms with E-state index in [1.807, 2.05) is 0 Å². The first-order chi connectivity index (χ1) is 39.2. The fourth-order valence-electron chi connectivity index (χ4n) is 9.40. The Labute approximate surface area is 491 Å². The standard InChI is InChI=1S/C68H123O11P/c1-4-7-10-13-16-19-22-25-28-30-32-34-37-39-42-45-48-51-54-57-66(70)75-61-65(79-68(72)59-56-53-50-47-44-41-38-35-33-31-29-26-23-20-17-14-11-8-5-2)63-77-80(73,74)76-62-64(60-69)78-67(71)58-55-52-49-46-43-40-36-27-24-21-18-15-12-9-6-3/h7,10,16,19,25-26,28-29,32,34,64-65,69H,4-6,8-9,11-15,17-18,20-24,27,30-31,33,35-63H2,1-3H3,(H,73,74)/b10-7-,19-16-,28-25-,29-26-,34-32-. The molecular formula is C68H123O11P. The van der Waals surface area contributed by atoms with Crippen LogP contribution in [0, 0.1) is 0 Å². The Bertz CT molecular complexity index is 1570. The van der Waals surface area contributed by atoms with Gasteiger partial charge in [0.15, 0.2) is 6.10 Å². The largest absolute Gasteiger partial charge is 0.472 e. The average molecular weight is 1150 g/mol. The lowest BCUT2D eigenvalue weighted by atomic mass is 10.0. The Kier molecular flexibility index (Phi) is 60.0. The van der Waals surface area contributed by atoms with Gasteiger partial charge in [-0.25, -0.2) is 4.57 Å². The van der Waals surface area contributed by atoms with Crippen LogP contribution in [-0.4, -0.2) is 66.5 Å². The number of esters is 3. The van der Waals surface area contributed by atoms with Crippen molar-refractivity contribution in [3.63, 3.8) is 0 Å². The maximum Gasteiger partial charge on any atom is 0.472 e. The van der Waals surface area contributed by atoms with E-state index in [0.717, 1.165) is 103 Å². The lowest BCUT2D eigenvalue weighted by Gasteiger charge is -2.21. The molecule has 11 nitrogen and oxygen atoms in total. The fraction of sp³-hybridized carbons (Fsp3) is 0.809. The van der Waals surface area contributed by atoms with Crippen LogP contribution in [-0.2, 0) is 42.2 Å². The minimum absolute atomic E-state index is 0.163. The van der Waals surface area contributed by atoms with Gasteiger partial charge in [-0.2, -0.15) is 0 Å². The topological polar surface area (TPSA) is 155 Å². The molecule has 3 unspecified atom stereocenters. The summed E-state index contributed by atoms with van der Waals surface area (Å²) < 4.78 is 39.7. The van der Waals surface area contributed by atoms with E-state index in [0.29, 0.717) is 19.3 Å². The number of carbonyl (C=O) groups excluding carboxylic acids is 3. The summed E-state index contributed by atoms with van der Waals surface area (Å²) in [7, 11) is -4.76. The third-order valence-electron chi connectivity index (χ3n) is 14.4. The summed E-state index contributed by atoms with van der Waals surface area (Å²) in [5.41, 5.74) is 0. The molecule has 0 saturated heterocycles. The van der Waals surface area contributed by atoms with Gasteiger partial charge in [-0.05, 0) is 83.5 Å². The lowest BCUT2D eigenvalue weighted by molar-refractivity contribution is -0.161. The molecule has 0 saturated carbocycles. The fourth-order valence-corrected chi connectivity index (χ4v) is 10.2. The molecule has 0 aliphatic heterocycles. The van der Waals surface area contributed by atoms with Gasteiger partial charge in [0, 0.05) is 19.3 Å². The number of carbonyl (C=O) groups is 3. The number of ether oxygens (including phenoxy) is 3. The van der Waals surface area contributed by atoms with Gasteiger partial charge in [0.2, 0.25) is 0 Å². The van der Waals surface area contributed by atoms with Gasteiger partial charge < -0.3 is 24.2 Å². The van der Waals surface area contributed by atoms with E-state index in [4.69, 9.17) is 23.3 Å². The van der Waals surface area contributed by atoms with Gasteiger partial charge in [-0.1, -0.05) is 274 Å². The summed E-state index contributed by atoms with van der Waals surface area (Å²) in [4.78, 5) is 48.8. The van der Waals surface area contributed by atoms with Crippen molar-refractivity contribution in [2.24, 2.45) is 0 Å². The summed E-state index contributed by atoms with van der Waals surface area (Å²) in [6, 6.07) is 0. The number of phosphoric ester groups is 1. The molecule has 3 atom stereocenters. The van der Waals surface area contributed by atoms with E-state index in [1.165, 1.54) is 154 Å². The summed E-state index contributed by atoms with van der Waals surface area (Å²) in [5.74, 6) is -1.46. The van der Waals surface area contributed by atoms with Gasteiger partial charge >= 0.3 is 25.7 Å². The number of rotatable bonds is 62. The van der Waals surface area contributed by atoms with Crippen molar-refractivity contribution >= 4 is 25.7 Å². The molecule has 2 N–H and O–H groups in total. The normalized spacial score (nSPS) is 13.6. The summed E-state index contributed by atoms with van der Waals surface area (Å²) in [5, 5.41) is 9.86. The summed E-state index contributed by atoms with van der Waals surface area (Å²) >= 11 is 0. The molecule has 80 heavy (non-hydrogen) atoms. The maximum atomic E-state index is 13.0. The molecule has 466 valence electrons. The smallest absolute Gasteiger partial charge is 0.462 e. The Hall–Kier alpha value is -2.82. The third kappa shape index (κ3) is 59.8. The second-order valence-corrected chi connectivity index (χ2v) is 23.7. The SMILES string of the molecule is CC/C=C\C/C=C\C/C=C\C/C=C\CCCCCCCCC(=O)OCC(COP(=O)(O)OCC(CO)OC(=O)CCCCCCCCCCCCCCCCC)OC(=O)CCCCCCCCCCC/C=C\CCCCCCCC. The van der Waals surface area contributed by atoms with Crippen molar-refractivity contribution in [2.75, 3.05) is 26.4 Å². The van der Waals surface area contributed by atoms with Gasteiger partial charge in [-0.15, -0.1) is 0 Å². The molecule has 0 rings (SSSR count). The van der Waals surface area contributed by atoms with Crippen LogP contribution >= 0.6 is 7.82 Å². The first kappa shape index (κ1) is 77.2. The highest BCUT2D eigenvalue weighted by atomic mass is 31.2. The molecule has 0 aromatic carbocycles. The van der Waals surface area contributed by atoms with Crippen LogP contribution in [0.15, 0.2) is 60.8 Å². The highest BCUT2D eigenvalue weighted by molar-refractivity contribution is 7.47. The molecule has 0 fully saturated rings. The second-order valence-electron chi connectivity index (χ2n) is 22.3. The van der Waals surface area contributed by atoms with Crippen molar-refractivity contribution in [1.82, 2.24) is 0 Å². The van der Waals surface area contributed by atoms with Crippen molar-refractivity contribution in [3.8, 4) is 0 Å². The maximum absolute atomic E-state index is 13.0. The van der Waals surface area contributed by atoms with Gasteiger partial charge in [-0.3, -0.25) is 23.4 Å². The molecule has 0 amide bonds. The predicted octanol–water partition coefficient (Wildman–Crippen LogP) is 20.3. The minimum Gasteiger partial charge on any atom is -0.462 e. The molecule has 0 bridgehead atoms. The molecular weight excluding hydrogens is 1020 g/mol. The highest BCUT2D eigenvalue weighted by Gasteiger charge is 2.28. The van der Waals surface area contributed by atoms with E-state index in [2.05, 4.69) is 81.5 Å². The zero-order valence-corrected chi connectivity index (χ0v) is 52.7. The Morgan fingerprint density at radius 1 is 0.362 bits per heavy atom. The molecule has 0 aromatic heterocycles. The highest BCUT2D eigenvalue weighted by Crippen LogP contribution is 2.43. The first-order valence-electron chi connectivity index (χ1n) is 33.2. The van der Waals surface area contributed by atoms with Crippen LogP contribution in [0.25, 0.3) is 0 Å². The number of aliphatic hydroxyl groups is 1. The molecule has 0 heterocycles. The van der Waals surface area contributed by atoms with Crippen LogP contribution in [0.3, 0.4) is 0 Å². The van der Waals surface area contributed by atoms with Gasteiger partial charge in [0.05, 0.1) is 19.8 Å². The quantitative estimate of drug-likeness (QED) is 0.0197. The van der Waals surface area contributed by atoms with Crippen molar-refractivity contribution in [2.45, 2.75) is 328 Å². The number of aliphatic hydroxyl groups excluding tert-OH is 1. The Balaban J connectivity index is 4.70. The van der Waals surface area contributed by atoms with Gasteiger partial charge in [0.25, 0.3) is 0 Å². The van der Waals surface area contributed by atoms with Crippen LogP contribution in [0.2, 0.25) is 0 Å². The molecule has 0 radical (unpaired) electrons. The molecule has 0 aliphatic rings. The van der Waals surface area contributed by atoms with Crippen molar-refractivity contribution in [1.29, 1.82) is 0 Å². The van der Waals surface area contributed by atoms with E-state index in [9.17, 15) is 28.9 Å². The number of allylic oxidation sites excluding steroid dienone is 10. The first-order valence-corrected chi connectivity index (χ1v) is 34.7. The number of hydrogen-bond acceptors (Lipinski definition) is 10. The van der Waals surface area contributed by atoms with Crippen molar-refractivity contribution < 1.29 is 52.2 Å². The summed E-state index contributed by atoms with van der Waals surface area (Å²) in [6.45, 7) is 4.57. The lowest BCUT2D eigenvalue weighted by Crippen LogP contribution is -2.30. The van der Waals surface area contributed by atoms with Crippen LogP contribution in [0.5, 0.6) is 0 Å². The van der Waals surface area contributed by atoms with Crippen LogP contribution < -0.4 is 0 Å². The van der Waals surface area contributed by atoms with Gasteiger partial charge in [0.1, 0.15) is 12.7 Å². The Morgan fingerprint density at radius 3 is 1.01 bits per heavy atom. The zero-order valence-electron chi connectivity index (χ0n) is 51.8. The van der Waals surface area contributed by atoms with E-state index in [-0.39, 0.29) is 25.9 Å². The molecule has 12 heteroatoms. The van der Waals surface area contributed by atoms with E-state index < -0.39 is 57.8 Å². The zero-order chi connectivity index (χ0) is 58.3. The monoisotopic (exact) mass is 1150 g/mol. The van der Waals surface area contributed by atoms with E-state index in [1.54, 1.807) is 0 Å². The predicted molar refractivity (Wildman–Crippen MR) is 335 cm³/mol. The average Bonchev–Trinajstić information content (AvgIpc) is 3.45. The number of unbranched alkanes of at least 4 members (excludes halogenated alkanes) is 35. The molecule has 0 aromatic rings. The van der Waals surface area contributed by atoms with Crippen molar-refractivity contribution in [3.05, 3.63) is 60.8 Å². The number of hydrogen-bond donors (Lipinski definition) is 2. The molecule has 0 aliphatic carbocycles. The van der Waals surface area contributed by atoms with Crippen LogP contribution in [0.1, 0.15) is 316 Å². The summed E-state index contributed by atoms with van der Waals surface area (Å²) in [6.07, 6.45) is 70.2.